The van der Waals surface area contributed by atoms with Crippen LogP contribution in [-0.2, 0) is 17.4 Å². The summed E-state index contributed by atoms with van der Waals surface area (Å²) in [5.41, 5.74) is 1.47. The molecule has 0 spiro atoms. The molecule has 7 heteroatoms. The Morgan fingerprint density at radius 3 is 2.52 bits per heavy atom. The van der Waals surface area contributed by atoms with Gasteiger partial charge in [-0.05, 0) is 76.2 Å². The van der Waals surface area contributed by atoms with Crippen LogP contribution in [0.1, 0.15) is 69.9 Å². The fourth-order valence-corrected chi connectivity index (χ4v) is 4.90. The second kappa shape index (κ2) is 13.9. The van der Waals surface area contributed by atoms with Gasteiger partial charge in [-0.1, -0.05) is 49.6 Å². The van der Waals surface area contributed by atoms with Gasteiger partial charge in [0.1, 0.15) is 0 Å². The first kappa shape index (κ1) is 27.5. The van der Waals surface area contributed by atoms with Crippen LogP contribution >= 0.6 is 11.8 Å². The third-order valence-electron chi connectivity index (χ3n) is 6.05. The summed E-state index contributed by atoms with van der Waals surface area (Å²) in [5.74, 6) is -0.110. The number of allylic oxidation sites excluding steroid dienone is 2. The average Bonchev–Trinajstić information content (AvgIpc) is 2.78. The van der Waals surface area contributed by atoms with Gasteiger partial charge in [0.2, 0.25) is 0 Å². The molecule has 2 rings (SSSR count). The van der Waals surface area contributed by atoms with Gasteiger partial charge in [-0.15, -0.1) is 11.8 Å². The lowest BCUT2D eigenvalue weighted by Crippen LogP contribution is -2.35. The summed E-state index contributed by atoms with van der Waals surface area (Å²) in [6.07, 6.45) is 7.26. The van der Waals surface area contributed by atoms with Gasteiger partial charge in [0.25, 0.3) is 0 Å². The van der Waals surface area contributed by atoms with Crippen molar-refractivity contribution in [2.45, 2.75) is 77.4 Å². The summed E-state index contributed by atoms with van der Waals surface area (Å²) in [6.45, 7) is 6.50. The monoisotopic (exact) mass is 483 g/mol. The number of hydrogen-bond acceptors (Lipinski definition) is 3. The highest BCUT2D eigenvalue weighted by Gasteiger charge is 2.30. The maximum Gasteiger partial charge on any atom is 0.416 e. The predicted molar refractivity (Wildman–Crippen MR) is 130 cm³/mol. The molecular formula is C26H36F3NO2S. The average molecular weight is 484 g/mol. The third kappa shape index (κ3) is 9.97. The maximum atomic E-state index is 12.9. The van der Waals surface area contributed by atoms with E-state index < -0.39 is 17.7 Å². The third-order valence-corrected chi connectivity index (χ3v) is 7.19. The lowest BCUT2D eigenvalue weighted by Gasteiger charge is -2.29. The van der Waals surface area contributed by atoms with Gasteiger partial charge in [-0.2, -0.15) is 13.2 Å². The molecule has 0 saturated carbocycles. The van der Waals surface area contributed by atoms with Crippen molar-refractivity contribution in [1.29, 1.82) is 0 Å². The number of carboxylic acids is 1. The zero-order chi connectivity index (χ0) is 24.3. The van der Waals surface area contributed by atoms with Crippen molar-refractivity contribution in [1.82, 2.24) is 4.90 Å². The van der Waals surface area contributed by atoms with Crippen LogP contribution in [0.4, 0.5) is 13.2 Å². The van der Waals surface area contributed by atoms with Crippen LogP contribution < -0.4 is 0 Å². The van der Waals surface area contributed by atoms with Crippen LogP contribution in [0.2, 0.25) is 0 Å². The summed E-state index contributed by atoms with van der Waals surface area (Å²) < 4.78 is 38.7. The summed E-state index contributed by atoms with van der Waals surface area (Å²) in [7, 11) is 0. The van der Waals surface area contributed by atoms with Crippen LogP contribution in [0.15, 0.2) is 46.9 Å². The van der Waals surface area contributed by atoms with Gasteiger partial charge in [0.15, 0.2) is 0 Å². The Morgan fingerprint density at radius 2 is 1.88 bits per heavy atom. The van der Waals surface area contributed by atoms with E-state index >= 15 is 0 Å². The molecule has 1 unspecified atom stereocenters. The Hall–Kier alpha value is -1.73. The Bertz CT molecular complexity index is 820. The molecule has 1 aliphatic rings. The number of alkyl halides is 3. The highest BCUT2D eigenvalue weighted by molar-refractivity contribution is 8.04. The van der Waals surface area contributed by atoms with Crippen LogP contribution in [0, 0.1) is 0 Å². The number of carbonyl (C=O) groups is 1. The van der Waals surface area contributed by atoms with Gasteiger partial charge in [0, 0.05) is 11.8 Å². The number of benzene rings is 1. The molecule has 0 bridgehead atoms. The summed E-state index contributed by atoms with van der Waals surface area (Å²) in [4.78, 5) is 13.9. The Labute approximate surface area is 200 Å². The van der Waals surface area contributed by atoms with Crippen molar-refractivity contribution in [2.24, 2.45) is 0 Å². The summed E-state index contributed by atoms with van der Waals surface area (Å²) >= 11 is 1.39. The van der Waals surface area contributed by atoms with Gasteiger partial charge in [-0.3, -0.25) is 0 Å². The molecule has 0 fully saturated rings. The van der Waals surface area contributed by atoms with Crippen molar-refractivity contribution in [3.8, 4) is 0 Å². The molecule has 184 valence electrons. The zero-order valence-corrected chi connectivity index (χ0v) is 20.5. The SMILES string of the molecule is CCCCN(CCCC1=CC=C(C(=O)O)SC1)C(C)CCCCc1cccc(C(F)(F)F)c1. The maximum absolute atomic E-state index is 12.9. The van der Waals surface area contributed by atoms with Crippen molar-refractivity contribution in [3.63, 3.8) is 0 Å². The van der Waals surface area contributed by atoms with E-state index in [9.17, 15) is 18.0 Å². The molecule has 0 aromatic heterocycles. The summed E-state index contributed by atoms with van der Waals surface area (Å²) in [6, 6.07) is 6.10. The number of carboxylic acid groups (broad SMARTS) is 1. The topological polar surface area (TPSA) is 40.5 Å². The molecule has 1 aliphatic heterocycles. The fourth-order valence-electron chi connectivity index (χ4n) is 4.03. The molecule has 0 radical (unpaired) electrons. The second-order valence-corrected chi connectivity index (χ2v) is 9.75. The van der Waals surface area contributed by atoms with Gasteiger partial charge in [-0.25, -0.2) is 4.79 Å². The predicted octanol–water partition coefficient (Wildman–Crippen LogP) is 7.33. The van der Waals surface area contributed by atoms with Gasteiger partial charge >= 0.3 is 12.1 Å². The van der Waals surface area contributed by atoms with E-state index in [-0.39, 0.29) is 0 Å². The molecule has 0 aliphatic carbocycles. The Balaban J connectivity index is 1.77. The van der Waals surface area contributed by atoms with Gasteiger partial charge < -0.3 is 10.0 Å². The number of aliphatic carboxylic acids is 1. The highest BCUT2D eigenvalue weighted by Crippen LogP contribution is 2.30. The molecule has 1 heterocycles. The molecule has 1 atom stereocenters. The van der Waals surface area contributed by atoms with Crippen LogP contribution in [0.25, 0.3) is 0 Å². The largest absolute Gasteiger partial charge is 0.477 e. The van der Waals surface area contributed by atoms with Gasteiger partial charge in [0.05, 0.1) is 10.5 Å². The smallest absolute Gasteiger partial charge is 0.416 e. The van der Waals surface area contributed by atoms with Crippen LogP contribution in [-0.4, -0.2) is 40.9 Å². The second-order valence-electron chi connectivity index (χ2n) is 8.74. The Kier molecular flexibility index (Phi) is 11.5. The van der Waals surface area contributed by atoms with Crippen LogP contribution in [0.3, 0.4) is 0 Å². The lowest BCUT2D eigenvalue weighted by atomic mass is 10.0. The molecular weight excluding hydrogens is 447 g/mol. The van der Waals surface area contributed by atoms with E-state index in [1.807, 2.05) is 6.08 Å². The molecule has 1 N–H and O–H groups in total. The van der Waals surface area contributed by atoms with E-state index in [2.05, 4.69) is 18.7 Å². The molecule has 0 amide bonds. The van der Waals surface area contributed by atoms with Crippen molar-refractivity contribution in [2.75, 3.05) is 18.8 Å². The highest BCUT2D eigenvalue weighted by atomic mass is 32.2. The molecule has 0 saturated heterocycles. The lowest BCUT2D eigenvalue weighted by molar-refractivity contribution is -0.137. The van der Waals surface area contributed by atoms with E-state index in [4.69, 9.17) is 5.11 Å². The van der Waals surface area contributed by atoms with Crippen molar-refractivity contribution in [3.05, 3.63) is 58.0 Å². The van der Waals surface area contributed by atoms with Crippen molar-refractivity contribution >= 4 is 17.7 Å². The van der Waals surface area contributed by atoms with Crippen molar-refractivity contribution < 1.29 is 23.1 Å². The number of unbranched alkanes of at least 4 members (excludes halogenated alkanes) is 2. The minimum absolute atomic E-state index is 0.405. The van der Waals surface area contributed by atoms with Crippen LogP contribution in [0.5, 0.6) is 0 Å². The number of hydrogen-bond donors (Lipinski definition) is 1. The van der Waals surface area contributed by atoms with E-state index in [0.29, 0.717) is 17.4 Å². The number of aryl methyl sites for hydroxylation is 1. The first-order chi connectivity index (χ1) is 15.7. The zero-order valence-electron chi connectivity index (χ0n) is 19.7. The minimum Gasteiger partial charge on any atom is -0.477 e. The molecule has 1 aromatic rings. The minimum atomic E-state index is -4.29. The summed E-state index contributed by atoms with van der Waals surface area (Å²) in [5, 5.41) is 9.04. The molecule has 33 heavy (non-hydrogen) atoms. The number of halogens is 3. The van der Waals surface area contributed by atoms with E-state index in [1.165, 1.54) is 29.5 Å². The number of thioether (sulfide) groups is 1. The van der Waals surface area contributed by atoms with E-state index in [0.717, 1.165) is 75.4 Å². The molecule has 3 nitrogen and oxygen atoms in total. The van der Waals surface area contributed by atoms with E-state index in [1.54, 1.807) is 12.1 Å². The first-order valence-electron chi connectivity index (χ1n) is 11.9. The number of rotatable bonds is 14. The quantitative estimate of drug-likeness (QED) is 0.281. The standard InChI is InChI=1S/C26H36F3NO2S/c1-3-4-16-30(17-8-12-22-14-15-24(25(31)32)33-19-22)20(2)9-5-6-10-21-11-7-13-23(18-21)26(27,28)29/h7,11,13-15,18,20H,3-6,8-10,12,16-17,19H2,1-2H3,(H,31,32). The Morgan fingerprint density at radius 1 is 1.12 bits per heavy atom. The fraction of sp³-hybridized carbons (Fsp3) is 0.577. The molecule has 1 aromatic carbocycles. The number of nitrogens with zero attached hydrogens (tertiary/aromatic N) is 1. The first-order valence-corrected chi connectivity index (χ1v) is 12.8. The normalized spacial score (nSPS) is 15.3.